The monoisotopic (exact) mass is 344 g/mol. The zero-order chi connectivity index (χ0) is 17.2. The van der Waals surface area contributed by atoms with E-state index in [2.05, 4.69) is 14.9 Å². The van der Waals surface area contributed by atoms with Gasteiger partial charge in [0.25, 0.3) is 5.91 Å². The SMILES string of the molecule is O=C(OCC(=O)N1CCN(c2ncccn2)CC1)[C@H]1C[C@H]2CC[C@H]1C2. The Morgan fingerprint density at radius 2 is 1.84 bits per heavy atom. The second-order valence-corrected chi connectivity index (χ2v) is 7.31. The second kappa shape index (κ2) is 6.98. The number of aromatic nitrogens is 2. The van der Waals surface area contributed by atoms with E-state index in [1.807, 2.05) is 0 Å². The zero-order valence-electron chi connectivity index (χ0n) is 14.3. The van der Waals surface area contributed by atoms with E-state index < -0.39 is 0 Å². The van der Waals surface area contributed by atoms with Gasteiger partial charge < -0.3 is 14.5 Å². The molecule has 1 aromatic heterocycles. The number of esters is 1. The first-order valence-electron chi connectivity index (χ1n) is 9.17. The van der Waals surface area contributed by atoms with Crippen LogP contribution in [0, 0.1) is 17.8 Å². The molecule has 7 nitrogen and oxygen atoms in total. The van der Waals surface area contributed by atoms with Crippen molar-refractivity contribution in [2.24, 2.45) is 17.8 Å². The maximum atomic E-state index is 12.3. The van der Waals surface area contributed by atoms with Crippen molar-refractivity contribution in [1.82, 2.24) is 14.9 Å². The molecule has 1 saturated heterocycles. The van der Waals surface area contributed by atoms with E-state index in [-0.39, 0.29) is 24.4 Å². The molecule has 4 rings (SSSR count). The lowest BCUT2D eigenvalue weighted by atomic mass is 9.89. The molecule has 3 aliphatic rings. The highest BCUT2D eigenvalue weighted by atomic mass is 16.5. The Labute approximate surface area is 147 Å². The standard InChI is InChI=1S/C18H24N4O3/c23-16(12-25-17(24)15-11-13-2-3-14(15)10-13)21-6-8-22(9-7-21)18-19-4-1-5-20-18/h1,4-5,13-15H,2-3,6-12H2/t13-,14-,15-/m0/s1. The fourth-order valence-electron chi connectivity index (χ4n) is 4.47. The normalized spacial score (nSPS) is 28.2. The molecule has 2 bridgehead atoms. The third kappa shape index (κ3) is 3.45. The molecule has 1 aromatic rings. The lowest BCUT2D eigenvalue weighted by Crippen LogP contribution is -2.50. The first-order chi connectivity index (χ1) is 12.2. The van der Waals surface area contributed by atoms with Crippen molar-refractivity contribution < 1.29 is 14.3 Å². The van der Waals surface area contributed by atoms with Crippen molar-refractivity contribution in [3.05, 3.63) is 18.5 Å². The molecule has 2 saturated carbocycles. The Morgan fingerprint density at radius 3 is 2.48 bits per heavy atom. The summed E-state index contributed by atoms with van der Waals surface area (Å²) in [4.78, 5) is 36.9. The summed E-state index contributed by atoms with van der Waals surface area (Å²) in [6.45, 7) is 2.45. The Bertz CT molecular complexity index is 630. The first kappa shape index (κ1) is 16.3. The van der Waals surface area contributed by atoms with Crippen LogP contribution in [-0.2, 0) is 14.3 Å². The first-order valence-corrected chi connectivity index (χ1v) is 9.17. The van der Waals surface area contributed by atoms with Crippen molar-refractivity contribution in [3.63, 3.8) is 0 Å². The maximum Gasteiger partial charge on any atom is 0.309 e. The highest BCUT2D eigenvalue weighted by Gasteiger charge is 2.44. The van der Waals surface area contributed by atoms with Crippen molar-refractivity contribution in [1.29, 1.82) is 0 Å². The minimum atomic E-state index is -0.170. The van der Waals surface area contributed by atoms with E-state index in [9.17, 15) is 9.59 Å². The number of hydrogen-bond donors (Lipinski definition) is 0. The average molecular weight is 344 g/mol. The summed E-state index contributed by atoms with van der Waals surface area (Å²) in [6, 6.07) is 1.79. The van der Waals surface area contributed by atoms with E-state index in [1.165, 1.54) is 6.42 Å². The molecule has 1 aliphatic heterocycles. The van der Waals surface area contributed by atoms with E-state index in [1.54, 1.807) is 23.4 Å². The van der Waals surface area contributed by atoms with Crippen LogP contribution >= 0.6 is 0 Å². The van der Waals surface area contributed by atoms with Crippen molar-refractivity contribution in [2.45, 2.75) is 25.7 Å². The molecular weight excluding hydrogens is 320 g/mol. The van der Waals surface area contributed by atoms with Gasteiger partial charge in [0.1, 0.15) is 0 Å². The molecule has 0 spiro atoms. The fraction of sp³-hybridized carbons (Fsp3) is 0.667. The largest absolute Gasteiger partial charge is 0.455 e. The number of piperazine rings is 1. The van der Waals surface area contributed by atoms with Crippen molar-refractivity contribution in [3.8, 4) is 0 Å². The Morgan fingerprint density at radius 1 is 1.08 bits per heavy atom. The number of fused-ring (bicyclic) bond motifs is 2. The van der Waals surface area contributed by atoms with Gasteiger partial charge in [-0.1, -0.05) is 6.42 Å². The van der Waals surface area contributed by atoms with Crippen LogP contribution in [0.25, 0.3) is 0 Å². The van der Waals surface area contributed by atoms with Gasteiger partial charge in [-0.2, -0.15) is 0 Å². The molecule has 0 radical (unpaired) electrons. The summed E-state index contributed by atoms with van der Waals surface area (Å²) >= 11 is 0. The Balaban J connectivity index is 1.22. The number of anilines is 1. The van der Waals surface area contributed by atoms with Gasteiger partial charge in [0.2, 0.25) is 5.95 Å². The number of hydrogen-bond acceptors (Lipinski definition) is 6. The quantitative estimate of drug-likeness (QED) is 0.762. The van der Waals surface area contributed by atoms with Gasteiger partial charge in [0.05, 0.1) is 5.92 Å². The summed E-state index contributed by atoms with van der Waals surface area (Å²) in [5.74, 6) is 1.63. The fourth-order valence-corrected chi connectivity index (χ4v) is 4.47. The molecule has 0 N–H and O–H groups in total. The van der Waals surface area contributed by atoms with Gasteiger partial charge in [0, 0.05) is 38.6 Å². The third-order valence-corrected chi connectivity index (χ3v) is 5.85. The summed E-state index contributed by atoms with van der Waals surface area (Å²) in [5, 5.41) is 0. The predicted molar refractivity (Wildman–Crippen MR) is 90.7 cm³/mol. The molecule has 7 heteroatoms. The van der Waals surface area contributed by atoms with Crippen LogP contribution in [-0.4, -0.2) is 59.5 Å². The van der Waals surface area contributed by atoms with Gasteiger partial charge in [-0.15, -0.1) is 0 Å². The van der Waals surface area contributed by atoms with Crippen LogP contribution in [0.15, 0.2) is 18.5 Å². The Kier molecular flexibility index (Phi) is 4.55. The molecule has 25 heavy (non-hydrogen) atoms. The third-order valence-electron chi connectivity index (χ3n) is 5.85. The topological polar surface area (TPSA) is 75.6 Å². The number of carbonyl (C=O) groups excluding carboxylic acids is 2. The van der Waals surface area contributed by atoms with E-state index in [4.69, 9.17) is 4.74 Å². The summed E-state index contributed by atoms with van der Waals surface area (Å²) in [7, 11) is 0. The Hall–Kier alpha value is -2.18. The summed E-state index contributed by atoms with van der Waals surface area (Å²) < 4.78 is 5.34. The summed E-state index contributed by atoms with van der Waals surface area (Å²) in [5.41, 5.74) is 0. The molecular formula is C18H24N4O3. The second-order valence-electron chi connectivity index (χ2n) is 7.31. The molecule has 2 aliphatic carbocycles. The zero-order valence-corrected chi connectivity index (χ0v) is 14.3. The van der Waals surface area contributed by atoms with Gasteiger partial charge in [0.15, 0.2) is 6.61 Å². The average Bonchev–Trinajstić information content (AvgIpc) is 3.30. The lowest BCUT2D eigenvalue weighted by Gasteiger charge is -2.34. The van der Waals surface area contributed by atoms with Crippen LogP contribution in [0.5, 0.6) is 0 Å². The smallest absolute Gasteiger partial charge is 0.309 e. The van der Waals surface area contributed by atoms with Crippen LogP contribution in [0.3, 0.4) is 0 Å². The van der Waals surface area contributed by atoms with Gasteiger partial charge in [-0.05, 0) is 37.2 Å². The minimum Gasteiger partial charge on any atom is -0.455 e. The van der Waals surface area contributed by atoms with Crippen LogP contribution < -0.4 is 4.90 Å². The number of ether oxygens (including phenoxy) is 1. The van der Waals surface area contributed by atoms with Crippen LogP contribution in [0.2, 0.25) is 0 Å². The molecule has 3 fully saturated rings. The molecule has 0 aromatic carbocycles. The van der Waals surface area contributed by atoms with Crippen LogP contribution in [0.1, 0.15) is 25.7 Å². The van der Waals surface area contributed by atoms with Crippen molar-refractivity contribution in [2.75, 3.05) is 37.7 Å². The lowest BCUT2D eigenvalue weighted by molar-refractivity contribution is -0.157. The van der Waals surface area contributed by atoms with E-state index in [0.29, 0.717) is 44.0 Å². The van der Waals surface area contributed by atoms with Gasteiger partial charge >= 0.3 is 5.97 Å². The number of rotatable bonds is 4. The van der Waals surface area contributed by atoms with E-state index >= 15 is 0 Å². The van der Waals surface area contributed by atoms with E-state index in [0.717, 1.165) is 19.3 Å². The van der Waals surface area contributed by atoms with Gasteiger partial charge in [-0.25, -0.2) is 9.97 Å². The maximum absolute atomic E-state index is 12.3. The molecule has 0 unspecified atom stereocenters. The minimum absolute atomic E-state index is 0.0265. The number of amides is 1. The molecule has 2 heterocycles. The van der Waals surface area contributed by atoms with Gasteiger partial charge in [-0.3, -0.25) is 9.59 Å². The highest BCUT2D eigenvalue weighted by Crippen LogP contribution is 2.48. The molecule has 134 valence electrons. The highest BCUT2D eigenvalue weighted by molar-refractivity contribution is 5.81. The summed E-state index contributed by atoms with van der Waals surface area (Å²) in [6.07, 6.45) is 7.94. The number of carbonyl (C=O) groups is 2. The van der Waals surface area contributed by atoms with Crippen molar-refractivity contribution >= 4 is 17.8 Å². The predicted octanol–water partition coefficient (Wildman–Crippen LogP) is 1.10. The number of nitrogens with zero attached hydrogens (tertiary/aromatic N) is 4. The van der Waals surface area contributed by atoms with Crippen LogP contribution in [0.4, 0.5) is 5.95 Å². The molecule has 3 atom stereocenters. The molecule has 1 amide bonds.